The number of ketones is 1. The summed E-state index contributed by atoms with van der Waals surface area (Å²) >= 11 is 0. The fourth-order valence-corrected chi connectivity index (χ4v) is 1.08. The molecular formula is C10H13NO2. The summed E-state index contributed by atoms with van der Waals surface area (Å²) in [7, 11) is 0. The monoisotopic (exact) mass is 179 g/mol. The zero-order valence-corrected chi connectivity index (χ0v) is 7.66. The third kappa shape index (κ3) is 2.95. The van der Waals surface area contributed by atoms with Gasteiger partial charge in [-0.3, -0.25) is 4.79 Å². The Morgan fingerprint density at radius 1 is 1.54 bits per heavy atom. The molecular weight excluding hydrogens is 166 g/mol. The van der Waals surface area contributed by atoms with Crippen LogP contribution in [0.3, 0.4) is 0 Å². The summed E-state index contributed by atoms with van der Waals surface area (Å²) < 4.78 is 0. The molecule has 1 aromatic heterocycles. The van der Waals surface area contributed by atoms with E-state index in [1.807, 2.05) is 12.1 Å². The minimum atomic E-state index is -0.0224. The molecule has 1 heterocycles. The highest BCUT2D eigenvalue weighted by atomic mass is 16.2. The van der Waals surface area contributed by atoms with Gasteiger partial charge in [0, 0.05) is 19.2 Å². The van der Waals surface area contributed by atoms with Crippen LogP contribution in [0.1, 0.15) is 29.5 Å². The summed E-state index contributed by atoms with van der Waals surface area (Å²) in [6.45, 7) is 1.66. The molecule has 0 aliphatic carbocycles. The predicted octanol–water partition coefficient (Wildman–Crippen LogP) is 1.21. The number of carbonyl (C=O) groups excluding carboxylic acids is 1. The van der Waals surface area contributed by atoms with Crippen molar-refractivity contribution in [2.24, 2.45) is 0 Å². The molecule has 70 valence electrons. The minimum Gasteiger partial charge on any atom is -0.396 e. The average molecular weight is 179 g/mol. The van der Waals surface area contributed by atoms with Gasteiger partial charge in [-0.15, -0.1) is 0 Å². The zero-order valence-electron chi connectivity index (χ0n) is 7.66. The molecule has 3 nitrogen and oxygen atoms in total. The third-order valence-electron chi connectivity index (χ3n) is 1.76. The third-order valence-corrected chi connectivity index (χ3v) is 1.76. The predicted molar refractivity (Wildman–Crippen MR) is 49.6 cm³/mol. The summed E-state index contributed by atoms with van der Waals surface area (Å²) in [5.74, 6) is -0.0224. The highest BCUT2D eigenvalue weighted by Gasteiger charge is 2.01. The maximum Gasteiger partial charge on any atom is 0.178 e. The lowest BCUT2D eigenvalue weighted by atomic mass is 10.2. The molecule has 0 saturated carbocycles. The first-order valence-electron chi connectivity index (χ1n) is 4.32. The van der Waals surface area contributed by atoms with E-state index in [2.05, 4.69) is 4.98 Å². The van der Waals surface area contributed by atoms with Crippen molar-refractivity contribution < 1.29 is 9.90 Å². The van der Waals surface area contributed by atoms with Crippen molar-refractivity contribution in [2.45, 2.75) is 19.8 Å². The molecule has 1 aromatic rings. The Bertz CT molecular complexity index is 297. The van der Waals surface area contributed by atoms with Gasteiger partial charge < -0.3 is 5.11 Å². The van der Waals surface area contributed by atoms with Gasteiger partial charge in [-0.25, -0.2) is 4.98 Å². The number of rotatable bonds is 4. The van der Waals surface area contributed by atoms with Crippen LogP contribution in [-0.2, 0) is 6.42 Å². The zero-order chi connectivity index (χ0) is 9.68. The van der Waals surface area contributed by atoms with E-state index in [9.17, 15) is 4.79 Å². The van der Waals surface area contributed by atoms with Crippen molar-refractivity contribution in [1.29, 1.82) is 0 Å². The van der Waals surface area contributed by atoms with Gasteiger partial charge in [-0.1, -0.05) is 6.07 Å². The smallest absolute Gasteiger partial charge is 0.178 e. The second-order valence-corrected chi connectivity index (χ2v) is 2.90. The Morgan fingerprint density at radius 2 is 2.31 bits per heavy atom. The lowest BCUT2D eigenvalue weighted by Gasteiger charge is -2.00. The molecule has 0 saturated heterocycles. The van der Waals surface area contributed by atoms with Gasteiger partial charge in [0.1, 0.15) is 5.69 Å². The van der Waals surface area contributed by atoms with Gasteiger partial charge in [0.25, 0.3) is 0 Å². The number of aliphatic hydroxyl groups excluding tert-OH is 1. The summed E-state index contributed by atoms with van der Waals surface area (Å²) in [6.07, 6.45) is 1.41. The van der Waals surface area contributed by atoms with Gasteiger partial charge >= 0.3 is 0 Å². The summed E-state index contributed by atoms with van der Waals surface area (Å²) in [4.78, 5) is 15.1. The lowest BCUT2D eigenvalue weighted by molar-refractivity contribution is 0.101. The van der Waals surface area contributed by atoms with Crippen molar-refractivity contribution in [3.8, 4) is 0 Å². The van der Waals surface area contributed by atoms with Crippen LogP contribution in [-0.4, -0.2) is 22.5 Å². The van der Waals surface area contributed by atoms with Gasteiger partial charge in [-0.2, -0.15) is 0 Å². The second-order valence-electron chi connectivity index (χ2n) is 2.90. The van der Waals surface area contributed by atoms with E-state index in [-0.39, 0.29) is 12.4 Å². The van der Waals surface area contributed by atoms with Crippen LogP contribution >= 0.6 is 0 Å². The molecule has 0 unspecified atom stereocenters. The van der Waals surface area contributed by atoms with Crippen molar-refractivity contribution in [2.75, 3.05) is 6.61 Å². The summed E-state index contributed by atoms with van der Waals surface area (Å²) in [5, 5.41) is 8.61. The molecule has 0 fully saturated rings. The van der Waals surface area contributed by atoms with Crippen molar-refractivity contribution in [3.63, 3.8) is 0 Å². The van der Waals surface area contributed by atoms with Gasteiger partial charge in [-0.05, 0) is 25.0 Å². The molecule has 0 amide bonds. The van der Waals surface area contributed by atoms with Crippen molar-refractivity contribution in [1.82, 2.24) is 4.98 Å². The topological polar surface area (TPSA) is 50.2 Å². The lowest BCUT2D eigenvalue weighted by Crippen LogP contribution is -2.00. The van der Waals surface area contributed by atoms with E-state index < -0.39 is 0 Å². The molecule has 0 bridgehead atoms. The van der Waals surface area contributed by atoms with Crippen molar-refractivity contribution >= 4 is 5.78 Å². The van der Waals surface area contributed by atoms with Crippen LogP contribution in [0.4, 0.5) is 0 Å². The fourth-order valence-electron chi connectivity index (χ4n) is 1.08. The minimum absolute atomic E-state index is 0.0224. The number of aromatic nitrogens is 1. The number of hydrogen-bond acceptors (Lipinski definition) is 3. The molecule has 3 heteroatoms. The molecule has 0 radical (unpaired) electrons. The molecule has 1 N–H and O–H groups in total. The number of nitrogens with zero attached hydrogens (tertiary/aromatic N) is 1. The van der Waals surface area contributed by atoms with E-state index in [0.717, 1.165) is 12.1 Å². The van der Waals surface area contributed by atoms with Gasteiger partial charge in [0.05, 0.1) is 0 Å². The molecule has 0 aromatic carbocycles. The average Bonchev–Trinajstić information content (AvgIpc) is 2.15. The first-order valence-corrected chi connectivity index (χ1v) is 4.32. The van der Waals surface area contributed by atoms with E-state index in [4.69, 9.17) is 5.11 Å². The number of aliphatic hydroxyl groups is 1. The standard InChI is InChI=1S/C10H13NO2/c1-8(13)10-6-2-4-9(11-10)5-3-7-12/h2,4,6,12H,3,5,7H2,1H3. The first-order chi connectivity index (χ1) is 6.24. The van der Waals surface area contributed by atoms with Crippen LogP contribution in [0.25, 0.3) is 0 Å². The highest BCUT2D eigenvalue weighted by molar-refractivity contribution is 5.92. The summed E-state index contributed by atoms with van der Waals surface area (Å²) in [5.41, 5.74) is 1.36. The van der Waals surface area contributed by atoms with Crippen molar-refractivity contribution in [3.05, 3.63) is 29.6 Å². The number of carbonyl (C=O) groups is 1. The normalized spacial score (nSPS) is 10.0. The van der Waals surface area contributed by atoms with E-state index in [0.29, 0.717) is 12.1 Å². The van der Waals surface area contributed by atoms with Crippen LogP contribution in [0.2, 0.25) is 0 Å². The Balaban J connectivity index is 2.73. The number of pyridine rings is 1. The highest BCUT2D eigenvalue weighted by Crippen LogP contribution is 2.02. The SMILES string of the molecule is CC(=O)c1cccc(CCCO)n1. The second kappa shape index (κ2) is 4.72. The fraction of sp³-hybridized carbons (Fsp3) is 0.400. The quantitative estimate of drug-likeness (QED) is 0.707. The molecule has 0 atom stereocenters. The van der Waals surface area contributed by atoms with E-state index in [1.165, 1.54) is 6.92 Å². The molecule has 0 aliphatic heterocycles. The summed E-state index contributed by atoms with van der Waals surface area (Å²) in [6, 6.07) is 5.38. The number of Topliss-reactive ketones (excluding diaryl/α,β-unsaturated/α-hetero) is 1. The maximum absolute atomic E-state index is 11.0. The van der Waals surface area contributed by atoms with Crippen LogP contribution < -0.4 is 0 Å². The van der Waals surface area contributed by atoms with E-state index >= 15 is 0 Å². The number of aryl methyl sites for hydroxylation is 1. The molecule has 1 rings (SSSR count). The Kier molecular flexibility index (Phi) is 3.58. The van der Waals surface area contributed by atoms with E-state index in [1.54, 1.807) is 6.07 Å². The number of hydrogen-bond donors (Lipinski definition) is 1. The Hall–Kier alpha value is -1.22. The maximum atomic E-state index is 11.0. The first kappa shape index (κ1) is 9.86. The van der Waals surface area contributed by atoms with Crippen LogP contribution in [0.15, 0.2) is 18.2 Å². The largest absolute Gasteiger partial charge is 0.396 e. The molecule has 0 aliphatic rings. The Morgan fingerprint density at radius 3 is 2.92 bits per heavy atom. The van der Waals surface area contributed by atoms with Crippen LogP contribution in [0.5, 0.6) is 0 Å². The van der Waals surface area contributed by atoms with Gasteiger partial charge in [0.2, 0.25) is 0 Å². The molecule has 0 spiro atoms. The Labute approximate surface area is 77.4 Å². The molecule has 13 heavy (non-hydrogen) atoms. The van der Waals surface area contributed by atoms with Crippen LogP contribution in [0, 0.1) is 0 Å². The van der Waals surface area contributed by atoms with Gasteiger partial charge in [0.15, 0.2) is 5.78 Å².